The van der Waals surface area contributed by atoms with E-state index in [1.54, 1.807) is 18.2 Å². The van der Waals surface area contributed by atoms with Gasteiger partial charge >= 0.3 is 0 Å². The number of fused-ring (bicyclic) bond motifs is 1. The van der Waals surface area contributed by atoms with Crippen LogP contribution in [0.25, 0.3) is 10.9 Å². The van der Waals surface area contributed by atoms with E-state index in [9.17, 15) is 8.42 Å². The van der Waals surface area contributed by atoms with Gasteiger partial charge in [-0.05, 0) is 24.3 Å². The highest BCUT2D eigenvalue weighted by Crippen LogP contribution is 2.31. The molecular weight excluding hydrogens is 333 g/mol. The number of aromatic nitrogens is 2. The monoisotopic (exact) mass is 341 g/mol. The fourth-order valence-corrected chi connectivity index (χ4v) is 3.70. The van der Waals surface area contributed by atoms with Crippen LogP contribution < -0.4 is 4.72 Å². The Morgan fingerprint density at radius 3 is 2.62 bits per heavy atom. The molecule has 1 heterocycles. The number of hydrogen-bond acceptors (Lipinski definition) is 3. The molecule has 1 aromatic heterocycles. The van der Waals surface area contributed by atoms with Crippen molar-refractivity contribution in [1.82, 2.24) is 10.2 Å². The molecule has 0 radical (unpaired) electrons. The van der Waals surface area contributed by atoms with Crippen LogP contribution in [0.5, 0.6) is 0 Å². The topological polar surface area (TPSA) is 74.8 Å². The lowest BCUT2D eigenvalue weighted by atomic mass is 10.2. The van der Waals surface area contributed by atoms with E-state index in [1.165, 1.54) is 18.2 Å². The third kappa shape index (κ3) is 2.57. The second kappa shape index (κ2) is 5.22. The van der Waals surface area contributed by atoms with Crippen molar-refractivity contribution in [2.45, 2.75) is 4.90 Å². The fourth-order valence-electron chi connectivity index (χ4n) is 1.92. The average molecular weight is 342 g/mol. The molecule has 2 N–H and O–H groups in total. The minimum atomic E-state index is -3.88. The van der Waals surface area contributed by atoms with Crippen LogP contribution >= 0.6 is 23.2 Å². The molecule has 0 fully saturated rings. The van der Waals surface area contributed by atoms with Crippen LogP contribution in [-0.2, 0) is 10.0 Å². The third-order valence-corrected chi connectivity index (χ3v) is 5.22. The lowest BCUT2D eigenvalue weighted by Crippen LogP contribution is -2.14. The number of nitrogens with one attached hydrogen (secondary N) is 2. The van der Waals surface area contributed by atoms with E-state index >= 15 is 0 Å². The predicted octanol–water partition coefficient (Wildman–Crippen LogP) is 3.67. The largest absolute Gasteiger partial charge is 0.276 e. The molecule has 0 atom stereocenters. The summed E-state index contributed by atoms with van der Waals surface area (Å²) < 4.78 is 27.2. The van der Waals surface area contributed by atoms with Gasteiger partial charge in [-0.15, -0.1) is 0 Å². The van der Waals surface area contributed by atoms with E-state index in [0.29, 0.717) is 5.39 Å². The number of rotatable bonds is 3. The lowest BCUT2D eigenvalue weighted by Gasteiger charge is -2.08. The summed E-state index contributed by atoms with van der Waals surface area (Å²) in [5.74, 6) is 0.210. The maximum atomic E-state index is 12.4. The van der Waals surface area contributed by atoms with Gasteiger partial charge < -0.3 is 0 Å². The molecule has 21 heavy (non-hydrogen) atoms. The van der Waals surface area contributed by atoms with Crippen LogP contribution in [0.15, 0.2) is 47.4 Å². The minimum absolute atomic E-state index is 0.0218. The molecule has 8 heteroatoms. The minimum Gasteiger partial charge on any atom is -0.276 e. The summed E-state index contributed by atoms with van der Waals surface area (Å²) >= 11 is 11.8. The normalized spacial score (nSPS) is 11.7. The number of hydrogen-bond donors (Lipinski definition) is 2. The summed E-state index contributed by atoms with van der Waals surface area (Å²) in [4.78, 5) is -0.0938. The second-order valence-electron chi connectivity index (χ2n) is 4.28. The molecule has 3 rings (SSSR count). The first-order valence-electron chi connectivity index (χ1n) is 5.89. The number of nitrogens with zero attached hydrogens (tertiary/aromatic N) is 1. The van der Waals surface area contributed by atoms with Crippen LogP contribution in [-0.4, -0.2) is 18.6 Å². The van der Waals surface area contributed by atoms with Crippen LogP contribution in [0.1, 0.15) is 0 Å². The zero-order valence-corrected chi connectivity index (χ0v) is 12.8. The maximum Gasteiger partial charge on any atom is 0.264 e. The smallest absolute Gasteiger partial charge is 0.264 e. The third-order valence-electron chi connectivity index (χ3n) is 2.91. The van der Waals surface area contributed by atoms with Crippen molar-refractivity contribution < 1.29 is 8.42 Å². The van der Waals surface area contributed by atoms with Gasteiger partial charge in [0.05, 0.1) is 15.6 Å². The van der Waals surface area contributed by atoms with Crippen LogP contribution in [0, 0.1) is 0 Å². The highest BCUT2D eigenvalue weighted by molar-refractivity contribution is 7.92. The number of anilines is 1. The van der Waals surface area contributed by atoms with Gasteiger partial charge in [-0.25, -0.2) is 8.42 Å². The molecule has 3 aromatic rings. The zero-order chi connectivity index (χ0) is 15.0. The Morgan fingerprint density at radius 1 is 1.05 bits per heavy atom. The first kappa shape index (κ1) is 14.2. The number of sulfonamides is 1. The summed E-state index contributed by atoms with van der Waals surface area (Å²) in [7, 11) is -3.88. The van der Waals surface area contributed by atoms with Gasteiger partial charge in [0.15, 0.2) is 5.82 Å². The molecule has 0 aliphatic carbocycles. The van der Waals surface area contributed by atoms with E-state index in [2.05, 4.69) is 14.9 Å². The summed E-state index contributed by atoms with van der Waals surface area (Å²) in [6.45, 7) is 0. The second-order valence-corrected chi connectivity index (χ2v) is 6.71. The van der Waals surface area contributed by atoms with Crippen molar-refractivity contribution >= 4 is 49.9 Å². The molecule has 2 aromatic carbocycles. The number of halogens is 2. The van der Waals surface area contributed by atoms with Gasteiger partial charge in [-0.1, -0.05) is 41.4 Å². The van der Waals surface area contributed by atoms with E-state index in [4.69, 9.17) is 23.2 Å². The maximum absolute atomic E-state index is 12.4. The Bertz CT molecular complexity index is 922. The fraction of sp³-hybridized carbons (Fsp3) is 0. The summed E-state index contributed by atoms with van der Waals surface area (Å²) in [5, 5.41) is 7.54. The molecule has 0 saturated carbocycles. The van der Waals surface area contributed by atoms with Crippen LogP contribution in [0.4, 0.5) is 5.82 Å². The summed E-state index contributed by atoms with van der Waals surface area (Å²) in [6, 6.07) is 11.6. The van der Waals surface area contributed by atoms with Gasteiger partial charge in [0, 0.05) is 5.39 Å². The van der Waals surface area contributed by atoms with E-state index in [1.807, 2.05) is 6.07 Å². The molecule has 0 aliphatic heterocycles. The Balaban J connectivity index is 2.06. The molecule has 5 nitrogen and oxygen atoms in total. The lowest BCUT2D eigenvalue weighted by molar-refractivity contribution is 0.601. The van der Waals surface area contributed by atoms with Crippen molar-refractivity contribution in [2.75, 3.05) is 4.72 Å². The standard InChI is InChI=1S/C13H9Cl2N3O2S/c14-9-5-3-7-11(12(9)15)21(19,20)18-13-8-4-1-2-6-10(8)16-17-13/h1-7H,(H2,16,17,18). The van der Waals surface area contributed by atoms with Crippen molar-refractivity contribution in [3.63, 3.8) is 0 Å². The van der Waals surface area contributed by atoms with E-state index < -0.39 is 10.0 Å². The van der Waals surface area contributed by atoms with Gasteiger partial charge in [0.1, 0.15) is 4.90 Å². The molecule has 0 aliphatic rings. The first-order chi connectivity index (χ1) is 9.99. The number of H-pyrrole nitrogens is 1. The van der Waals surface area contributed by atoms with Crippen molar-refractivity contribution in [3.05, 3.63) is 52.5 Å². The Morgan fingerprint density at radius 2 is 1.81 bits per heavy atom. The molecule has 0 saturated heterocycles. The summed E-state index contributed by atoms with van der Waals surface area (Å²) in [5.41, 5.74) is 0.729. The molecule has 0 spiro atoms. The van der Waals surface area contributed by atoms with Crippen LogP contribution in [0.2, 0.25) is 10.0 Å². The number of aromatic amines is 1. The van der Waals surface area contributed by atoms with Gasteiger partial charge in [0.25, 0.3) is 10.0 Å². The van der Waals surface area contributed by atoms with Crippen molar-refractivity contribution in [3.8, 4) is 0 Å². The Hall–Kier alpha value is -1.76. The van der Waals surface area contributed by atoms with E-state index in [0.717, 1.165) is 5.52 Å². The molecular formula is C13H9Cl2N3O2S. The van der Waals surface area contributed by atoms with Gasteiger partial charge in [-0.3, -0.25) is 9.82 Å². The quantitative estimate of drug-likeness (QED) is 0.763. The highest BCUT2D eigenvalue weighted by atomic mass is 35.5. The number of benzene rings is 2. The van der Waals surface area contributed by atoms with Gasteiger partial charge in [-0.2, -0.15) is 5.10 Å². The summed E-state index contributed by atoms with van der Waals surface area (Å²) in [6.07, 6.45) is 0. The van der Waals surface area contributed by atoms with Gasteiger partial charge in [0.2, 0.25) is 0 Å². The molecule has 0 bridgehead atoms. The van der Waals surface area contributed by atoms with Crippen LogP contribution in [0.3, 0.4) is 0 Å². The molecule has 0 unspecified atom stereocenters. The molecule has 108 valence electrons. The molecule has 0 amide bonds. The Kier molecular flexibility index (Phi) is 3.52. The SMILES string of the molecule is O=S(=O)(Nc1n[nH]c2ccccc12)c1cccc(Cl)c1Cl. The van der Waals surface area contributed by atoms with E-state index in [-0.39, 0.29) is 20.8 Å². The number of para-hydroxylation sites is 1. The first-order valence-corrected chi connectivity index (χ1v) is 8.13. The predicted molar refractivity (Wildman–Crippen MR) is 83.4 cm³/mol. The average Bonchev–Trinajstić information content (AvgIpc) is 2.84. The highest BCUT2D eigenvalue weighted by Gasteiger charge is 2.21. The van der Waals surface area contributed by atoms with Crippen molar-refractivity contribution in [2.24, 2.45) is 0 Å². The Labute approximate surface area is 130 Å². The zero-order valence-electron chi connectivity index (χ0n) is 10.5. The van der Waals surface area contributed by atoms with Crippen molar-refractivity contribution in [1.29, 1.82) is 0 Å².